The molecule has 0 radical (unpaired) electrons. The summed E-state index contributed by atoms with van der Waals surface area (Å²) in [4.78, 5) is 0. The van der Waals surface area contributed by atoms with Crippen molar-refractivity contribution in [3.05, 3.63) is 45.7 Å². The molecule has 0 aliphatic rings. The van der Waals surface area contributed by atoms with Crippen molar-refractivity contribution in [3.63, 3.8) is 0 Å². The van der Waals surface area contributed by atoms with Crippen molar-refractivity contribution < 1.29 is 5.11 Å². The van der Waals surface area contributed by atoms with E-state index in [0.29, 0.717) is 21.3 Å². The zero-order chi connectivity index (χ0) is 10.8. The molecule has 1 heterocycles. The van der Waals surface area contributed by atoms with Gasteiger partial charge in [0.25, 0.3) is 0 Å². The van der Waals surface area contributed by atoms with E-state index in [1.54, 1.807) is 18.2 Å². The first kappa shape index (κ1) is 10.8. The molecule has 0 spiro atoms. The Labute approximate surface area is 101 Å². The van der Waals surface area contributed by atoms with E-state index in [-0.39, 0.29) is 0 Å². The first-order valence-electron chi connectivity index (χ1n) is 4.09. The summed E-state index contributed by atoms with van der Waals surface area (Å²) in [5.74, 6) is 0. The van der Waals surface area contributed by atoms with Crippen molar-refractivity contribution in [2.45, 2.75) is 6.10 Å². The zero-order valence-electron chi connectivity index (χ0n) is 7.39. The SMILES string of the molecule is OC(c1ccc(Cl)c(Cl)c1)c1cnsn1. The molecular weight excluding hydrogens is 255 g/mol. The van der Waals surface area contributed by atoms with Gasteiger partial charge in [-0.1, -0.05) is 29.3 Å². The van der Waals surface area contributed by atoms with Gasteiger partial charge in [0.15, 0.2) is 0 Å². The normalized spacial score (nSPS) is 12.7. The first-order valence-corrected chi connectivity index (χ1v) is 5.57. The Bertz CT molecular complexity index is 461. The molecule has 6 heteroatoms. The van der Waals surface area contributed by atoms with Crippen LogP contribution in [-0.4, -0.2) is 13.9 Å². The molecule has 1 aromatic heterocycles. The monoisotopic (exact) mass is 260 g/mol. The lowest BCUT2D eigenvalue weighted by atomic mass is 10.1. The Hall–Kier alpha value is -0.680. The number of aliphatic hydroxyl groups excluding tert-OH is 1. The van der Waals surface area contributed by atoms with Gasteiger partial charge in [-0.05, 0) is 17.7 Å². The summed E-state index contributed by atoms with van der Waals surface area (Å²) in [5, 5.41) is 10.8. The van der Waals surface area contributed by atoms with Crippen LogP contribution in [0.4, 0.5) is 0 Å². The predicted octanol–water partition coefficient (Wildman–Crippen LogP) is 2.93. The van der Waals surface area contributed by atoms with Gasteiger partial charge in [-0.2, -0.15) is 8.75 Å². The minimum Gasteiger partial charge on any atom is -0.382 e. The molecule has 0 amide bonds. The Morgan fingerprint density at radius 3 is 2.67 bits per heavy atom. The maximum absolute atomic E-state index is 9.90. The molecule has 0 saturated carbocycles. The average Bonchev–Trinajstić information content (AvgIpc) is 2.74. The fourth-order valence-corrected chi connectivity index (χ4v) is 1.90. The van der Waals surface area contributed by atoms with Gasteiger partial charge in [-0.25, -0.2) is 0 Å². The molecule has 1 unspecified atom stereocenters. The van der Waals surface area contributed by atoms with E-state index in [2.05, 4.69) is 8.75 Å². The van der Waals surface area contributed by atoms with Crippen LogP contribution in [0.2, 0.25) is 10.0 Å². The molecule has 1 aromatic carbocycles. The highest BCUT2D eigenvalue weighted by molar-refractivity contribution is 6.99. The van der Waals surface area contributed by atoms with Crippen LogP contribution in [0.3, 0.4) is 0 Å². The van der Waals surface area contributed by atoms with Crippen LogP contribution in [0, 0.1) is 0 Å². The van der Waals surface area contributed by atoms with Gasteiger partial charge in [-0.3, -0.25) is 0 Å². The molecule has 2 rings (SSSR count). The molecular formula is C9H6Cl2N2OS. The van der Waals surface area contributed by atoms with Crippen LogP contribution in [0.25, 0.3) is 0 Å². The maximum Gasteiger partial charge on any atom is 0.124 e. The summed E-state index contributed by atoms with van der Waals surface area (Å²) in [6.45, 7) is 0. The summed E-state index contributed by atoms with van der Waals surface area (Å²) < 4.78 is 7.77. The molecule has 15 heavy (non-hydrogen) atoms. The van der Waals surface area contributed by atoms with E-state index in [1.165, 1.54) is 6.20 Å². The average molecular weight is 261 g/mol. The summed E-state index contributed by atoms with van der Waals surface area (Å²) in [6, 6.07) is 4.97. The third-order valence-electron chi connectivity index (χ3n) is 1.92. The molecule has 78 valence electrons. The predicted molar refractivity (Wildman–Crippen MR) is 60.4 cm³/mol. The van der Waals surface area contributed by atoms with Crippen LogP contribution in [0.15, 0.2) is 24.4 Å². The van der Waals surface area contributed by atoms with Crippen molar-refractivity contribution in [2.75, 3.05) is 0 Å². The molecule has 0 saturated heterocycles. The van der Waals surface area contributed by atoms with Crippen molar-refractivity contribution in [2.24, 2.45) is 0 Å². The Balaban J connectivity index is 2.34. The first-order chi connectivity index (χ1) is 7.18. The number of hydrogen-bond donors (Lipinski definition) is 1. The lowest BCUT2D eigenvalue weighted by Gasteiger charge is -2.08. The van der Waals surface area contributed by atoms with E-state index in [1.807, 2.05) is 0 Å². The van der Waals surface area contributed by atoms with Crippen molar-refractivity contribution >= 4 is 34.9 Å². The third-order valence-corrected chi connectivity index (χ3v) is 3.15. The molecule has 0 fully saturated rings. The van der Waals surface area contributed by atoms with Crippen LogP contribution in [-0.2, 0) is 0 Å². The zero-order valence-corrected chi connectivity index (χ0v) is 9.72. The smallest absolute Gasteiger partial charge is 0.124 e. The van der Waals surface area contributed by atoms with E-state index in [4.69, 9.17) is 23.2 Å². The second-order valence-corrected chi connectivity index (χ2v) is 4.28. The largest absolute Gasteiger partial charge is 0.382 e. The quantitative estimate of drug-likeness (QED) is 0.904. The Kier molecular flexibility index (Phi) is 3.21. The van der Waals surface area contributed by atoms with Gasteiger partial charge in [0.05, 0.1) is 28.0 Å². The number of benzene rings is 1. The molecule has 0 aliphatic carbocycles. The number of rotatable bonds is 2. The summed E-state index contributed by atoms with van der Waals surface area (Å²) >= 11 is 12.7. The highest BCUT2D eigenvalue weighted by atomic mass is 35.5. The molecule has 0 bridgehead atoms. The number of hydrogen-bond acceptors (Lipinski definition) is 4. The number of halogens is 2. The van der Waals surface area contributed by atoms with Crippen molar-refractivity contribution in [1.29, 1.82) is 0 Å². The lowest BCUT2D eigenvalue weighted by molar-refractivity contribution is 0.216. The highest BCUT2D eigenvalue weighted by Crippen LogP contribution is 2.27. The summed E-state index contributed by atoms with van der Waals surface area (Å²) in [5.41, 5.74) is 1.16. The highest BCUT2D eigenvalue weighted by Gasteiger charge is 2.14. The van der Waals surface area contributed by atoms with Gasteiger partial charge in [-0.15, -0.1) is 0 Å². The Morgan fingerprint density at radius 2 is 2.07 bits per heavy atom. The third kappa shape index (κ3) is 2.29. The van der Waals surface area contributed by atoms with Crippen LogP contribution < -0.4 is 0 Å². The topological polar surface area (TPSA) is 46.0 Å². The number of aliphatic hydroxyl groups is 1. The van der Waals surface area contributed by atoms with Gasteiger partial charge >= 0.3 is 0 Å². The fourth-order valence-electron chi connectivity index (χ4n) is 1.15. The van der Waals surface area contributed by atoms with E-state index in [9.17, 15) is 5.11 Å². The van der Waals surface area contributed by atoms with E-state index in [0.717, 1.165) is 11.7 Å². The maximum atomic E-state index is 9.90. The van der Waals surface area contributed by atoms with Gasteiger partial charge < -0.3 is 5.11 Å². The van der Waals surface area contributed by atoms with Crippen LogP contribution >= 0.6 is 34.9 Å². The lowest BCUT2D eigenvalue weighted by Crippen LogP contribution is -1.99. The van der Waals surface area contributed by atoms with Gasteiger partial charge in [0.1, 0.15) is 11.8 Å². The minimum absolute atomic E-state index is 0.413. The molecule has 0 aliphatic heterocycles. The molecule has 2 aromatic rings. The Morgan fingerprint density at radius 1 is 1.27 bits per heavy atom. The molecule has 3 nitrogen and oxygen atoms in total. The molecule has 1 atom stereocenters. The van der Waals surface area contributed by atoms with Crippen LogP contribution in [0.1, 0.15) is 17.4 Å². The standard InChI is InChI=1S/C9H6Cl2N2OS/c10-6-2-1-5(3-7(6)11)9(14)8-4-12-15-13-8/h1-4,9,14H. The van der Waals surface area contributed by atoms with Crippen LogP contribution in [0.5, 0.6) is 0 Å². The van der Waals surface area contributed by atoms with Gasteiger partial charge in [0, 0.05) is 0 Å². The fraction of sp³-hybridized carbons (Fsp3) is 0.111. The second-order valence-electron chi connectivity index (χ2n) is 2.91. The summed E-state index contributed by atoms with van der Waals surface area (Å²) in [7, 11) is 0. The van der Waals surface area contributed by atoms with Crippen molar-refractivity contribution in [1.82, 2.24) is 8.75 Å². The number of aromatic nitrogens is 2. The van der Waals surface area contributed by atoms with Gasteiger partial charge in [0.2, 0.25) is 0 Å². The second kappa shape index (κ2) is 4.45. The number of nitrogens with zero attached hydrogens (tertiary/aromatic N) is 2. The summed E-state index contributed by atoms with van der Waals surface area (Å²) in [6.07, 6.45) is 0.719. The minimum atomic E-state index is -0.807. The van der Waals surface area contributed by atoms with E-state index >= 15 is 0 Å². The van der Waals surface area contributed by atoms with E-state index < -0.39 is 6.10 Å². The van der Waals surface area contributed by atoms with Crippen molar-refractivity contribution in [3.8, 4) is 0 Å². The molecule has 1 N–H and O–H groups in total.